The number of methoxy groups -OCH3 is 4. The van der Waals surface area contributed by atoms with Gasteiger partial charge in [0.15, 0.2) is 11.5 Å². The largest absolute Gasteiger partial charge is 0.497 e. The number of amides is 1. The Labute approximate surface area is 243 Å². The summed E-state index contributed by atoms with van der Waals surface area (Å²) in [6.45, 7) is 2.15. The van der Waals surface area contributed by atoms with Crippen LogP contribution in [0.1, 0.15) is 32.2 Å². The Balaban J connectivity index is 1.48. The van der Waals surface area contributed by atoms with Crippen molar-refractivity contribution in [2.24, 2.45) is 0 Å². The molecule has 0 aliphatic rings. The first-order chi connectivity index (χ1) is 19.9. The molecular formula is C31H34FN3O5S. The van der Waals surface area contributed by atoms with Gasteiger partial charge >= 0.3 is 0 Å². The van der Waals surface area contributed by atoms with Crippen molar-refractivity contribution in [3.05, 3.63) is 99.3 Å². The second-order valence-electron chi connectivity index (χ2n) is 9.26. The van der Waals surface area contributed by atoms with Gasteiger partial charge in [0.2, 0.25) is 0 Å². The maximum absolute atomic E-state index is 13.2. The van der Waals surface area contributed by atoms with E-state index < -0.39 is 0 Å². The molecule has 0 saturated heterocycles. The van der Waals surface area contributed by atoms with E-state index in [1.54, 1.807) is 46.0 Å². The molecule has 0 aliphatic heterocycles. The Kier molecular flexibility index (Phi) is 10.5. The second kappa shape index (κ2) is 14.5. The van der Waals surface area contributed by atoms with Gasteiger partial charge in [0, 0.05) is 36.6 Å². The number of ether oxygens (including phenoxy) is 4. The minimum absolute atomic E-state index is 0.273. The molecule has 216 valence electrons. The molecule has 1 aromatic heterocycles. The zero-order valence-corrected chi connectivity index (χ0v) is 24.4. The van der Waals surface area contributed by atoms with Gasteiger partial charge in [-0.05, 0) is 47.9 Å². The lowest BCUT2D eigenvalue weighted by Crippen LogP contribution is -2.26. The van der Waals surface area contributed by atoms with E-state index in [0.29, 0.717) is 36.8 Å². The Hall–Kier alpha value is -4.15. The topological polar surface area (TPSA) is 82.2 Å². The number of hydrogen-bond acceptors (Lipinski definition) is 8. The van der Waals surface area contributed by atoms with Gasteiger partial charge in [-0.3, -0.25) is 9.69 Å². The standard InChI is InChI=1S/C31H34FN3O5S/c1-37-25-11-8-23(28(16-25)39-3)18-35(14-13-21-7-12-27(38-2)29(15-21)40-4)19-30-34-26(20-41-30)31(36)33-17-22-5-9-24(32)10-6-22/h5-12,15-16,20H,13-14,17-19H2,1-4H3,(H,33,36). The quantitative estimate of drug-likeness (QED) is 0.212. The lowest BCUT2D eigenvalue weighted by atomic mass is 10.1. The minimum atomic E-state index is -0.313. The highest BCUT2D eigenvalue weighted by atomic mass is 32.1. The number of rotatable bonds is 14. The molecule has 1 amide bonds. The van der Waals surface area contributed by atoms with Gasteiger partial charge in [0.25, 0.3) is 5.91 Å². The molecule has 1 heterocycles. The summed E-state index contributed by atoms with van der Waals surface area (Å²) in [6, 6.07) is 17.7. The Morgan fingerprint density at radius 2 is 1.59 bits per heavy atom. The third-order valence-electron chi connectivity index (χ3n) is 6.56. The molecule has 1 N–H and O–H groups in total. The van der Waals surface area contributed by atoms with Gasteiger partial charge < -0.3 is 24.3 Å². The van der Waals surface area contributed by atoms with Gasteiger partial charge in [-0.2, -0.15) is 0 Å². The molecule has 3 aromatic carbocycles. The van der Waals surface area contributed by atoms with Crippen LogP contribution in [0.3, 0.4) is 0 Å². The maximum atomic E-state index is 13.2. The molecule has 0 aliphatic carbocycles. The zero-order chi connectivity index (χ0) is 29.2. The van der Waals surface area contributed by atoms with Crippen LogP contribution in [0.4, 0.5) is 4.39 Å². The molecule has 41 heavy (non-hydrogen) atoms. The van der Waals surface area contributed by atoms with E-state index in [-0.39, 0.29) is 11.7 Å². The first-order valence-corrected chi connectivity index (χ1v) is 13.9. The zero-order valence-electron chi connectivity index (χ0n) is 23.6. The van der Waals surface area contributed by atoms with Crippen LogP contribution >= 0.6 is 11.3 Å². The van der Waals surface area contributed by atoms with E-state index in [0.717, 1.165) is 46.2 Å². The van der Waals surface area contributed by atoms with E-state index in [9.17, 15) is 9.18 Å². The number of benzene rings is 3. The Morgan fingerprint density at radius 1 is 0.854 bits per heavy atom. The average molecular weight is 580 g/mol. The summed E-state index contributed by atoms with van der Waals surface area (Å²) in [7, 11) is 6.51. The fourth-order valence-corrected chi connectivity index (χ4v) is 5.13. The molecule has 4 aromatic rings. The summed E-state index contributed by atoms with van der Waals surface area (Å²) in [6.07, 6.45) is 0.759. The van der Waals surface area contributed by atoms with Crippen LogP contribution in [0.25, 0.3) is 0 Å². The first-order valence-electron chi connectivity index (χ1n) is 13.0. The van der Waals surface area contributed by atoms with Crippen molar-refractivity contribution < 1.29 is 28.1 Å². The number of carbonyl (C=O) groups excluding carboxylic acids is 1. The van der Waals surface area contributed by atoms with Crippen LogP contribution in [0.5, 0.6) is 23.0 Å². The number of thiazole rings is 1. The fourth-order valence-electron chi connectivity index (χ4n) is 4.32. The molecule has 8 nitrogen and oxygen atoms in total. The van der Waals surface area contributed by atoms with Crippen molar-refractivity contribution in [2.75, 3.05) is 35.0 Å². The van der Waals surface area contributed by atoms with E-state index in [1.165, 1.54) is 23.5 Å². The van der Waals surface area contributed by atoms with Gasteiger partial charge in [0.1, 0.15) is 28.0 Å². The third-order valence-corrected chi connectivity index (χ3v) is 7.40. The molecule has 0 unspecified atom stereocenters. The Morgan fingerprint density at radius 3 is 2.29 bits per heavy atom. The minimum Gasteiger partial charge on any atom is -0.497 e. The van der Waals surface area contributed by atoms with Crippen molar-refractivity contribution in [3.63, 3.8) is 0 Å². The van der Waals surface area contributed by atoms with Crippen molar-refractivity contribution in [1.82, 2.24) is 15.2 Å². The van der Waals surface area contributed by atoms with Crippen LogP contribution in [0, 0.1) is 5.82 Å². The molecule has 4 rings (SSSR count). The highest BCUT2D eigenvalue weighted by Crippen LogP contribution is 2.29. The van der Waals surface area contributed by atoms with Gasteiger partial charge in [-0.15, -0.1) is 11.3 Å². The van der Waals surface area contributed by atoms with Crippen molar-refractivity contribution in [2.45, 2.75) is 26.1 Å². The summed E-state index contributed by atoms with van der Waals surface area (Å²) in [5.74, 6) is 2.24. The third kappa shape index (κ3) is 8.18. The lowest BCUT2D eigenvalue weighted by molar-refractivity contribution is 0.0946. The van der Waals surface area contributed by atoms with E-state index in [1.807, 2.05) is 36.4 Å². The smallest absolute Gasteiger partial charge is 0.271 e. The van der Waals surface area contributed by atoms with Crippen LogP contribution in [-0.2, 0) is 26.1 Å². The van der Waals surface area contributed by atoms with Crippen molar-refractivity contribution in [1.29, 1.82) is 0 Å². The van der Waals surface area contributed by atoms with Crippen LogP contribution in [-0.4, -0.2) is 50.8 Å². The normalized spacial score (nSPS) is 10.9. The molecule has 10 heteroatoms. The van der Waals surface area contributed by atoms with Gasteiger partial charge in [-0.1, -0.05) is 24.3 Å². The van der Waals surface area contributed by atoms with Crippen molar-refractivity contribution >= 4 is 17.2 Å². The molecule has 0 spiro atoms. The molecule has 0 atom stereocenters. The van der Waals surface area contributed by atoms with Crippen LogP contribution < -0.4 is 24.3 Å². The molecule has 0 bridgehead atoms. The van der Waals surface area contributed by atoms with E-state index >= 15 is 0 Å². The fraction of sp³-hybridized carbons (Fsp3) is 0.290. The van der Waals surface area contributed by atoms with Crippen LogP contribution in [0.2, 0.25) is 0 Å². The summed E-state index contributed by atoms with van der Waals surface area (Å²) in [4.78, 5) is 19.6. The maximum Gasteiger partial charge on any atom is 0.271 e. The van der Waals surface area contributed by atoms with Gasteiger partial charge in [0.05, 0.1) is 35.0 Å². The van der Waals surface area contributed by atoms with E-state index in [2.05, 4.69) is 15.2 Å². The summed E-state index contributed by atoms with van der Waals surface area (Å²) < 4.78 is 35.0. The molecular weight excluding hydrogens is 545 g/mol. The Bertz CT molecular complexity index is 1440. The summed E-state index contributed by atoms with van der Waals surface area (Å²) in [5.41, 5.74) is 3.28. The SMILES string of the molecule is COc1ccc(CN(CCc2ccc(OC)c(OC)c2)Cc2nc(C(=O)NCc3ccc(F)cc3)cs2)c(OC)c1. The first kappa shape index (κ1) is 29.8. The highest BCUT2D eigenvalue weighted by molar-refractivity contribution is 7.09. The second-order valence-corrected chi connectivity index (χ2v) is 10.2. The number of aromatic nitrogens is 1. The number of nitrogens with one attached hydrogen (secondary N) is 1. The average Bonchev–Trinajstić information content (AvgIpc) is 3.48. The summed E-state index contributed by atoms with van der Waals surface area (Å²) >= 11 is 1.44. The van der Waals surface area contributed by atoms with Crippen LogP contribution in [0.15, 0.2) is 66.0 Å². The monoisotopic (exact) mass is 579 g/mol. The number of nitrogens with zero attached hydrogens (tertiary/aromatic N) is 2. The van der Waals surface area contributed by atoms with Gasteiger partial charge in [-0.25, -0.2) is 9.37 Å². The molecule has 0 radical (unpaired) electrons. The molecule has 0 saturated carbocycles. The predicted molar refractivity (Wildman–Crippen MR) is 157 cm³/mol. The number of hydrogen-bond donors (Lipinski definition) is 1. The highest BCUT2D eigenvalue weighted by Gasteiger charge is 2.17. The van der Waals surface area contributed by atoms with Crippen molar-refractivity contribution in [3.8, 4) is 23.0 Å². The lowest BCUT2D eigenvalue weighted by Gasteiger charge is -2.23. The predicted octanol–water partition coefficient (Wildman–Crippen LogP) is 5.49. The van der Waals surface area contributed by atoms with E-state index in [4.69, 9.17) is 18.9 Å². The molecule has 0 fully saturated rings. The summed E-state index contributed by atoms with van der Waals surface area (Å²) in [5, 5.41) is 5.43. The number of halogens is 1. The number of carbonyl (C=O) groups is 1.